The number of hydrogen-bond donors (Lipinski definition) is 1. The highest BCUT2D eigenvalue weighted by Gasteiger charge is 2.30. The number of aromatic nitrogens is 1. The molecule has 2 aromatic rings. The molecule has 0 atom stereocenters. The minimum Gasteiger partial charge on any atom is -0.436 e. The number of aryl methyl sites for hydroxylation is 1. The molecule has 0 saturated heterocycles. The van der Waals surface area contributed by atoms with Crippen LogP contribution in [0.15, 0.2) is 36.5 Å². The lowest BCUT2D eigenvalue weighted by Gasteiger charge is -2.22. The van der Waals surface area contributed by atoms with Gasteiger partial charge in [-0.3, -0.25) is 14.5 Å². The van der Waals surface area contributed by atoms with Crippen LogP contribution in [0.3, 0.4) is 0 Å². The van der Waals surface area contributed by atoms with Crippen molar-refractivity contribution in [3.63, 3.8) is 0 Å². The Morgan fingerprint density at radius 2 is 2.14 bits per heavy atom. The van der Waals surface area contributed by atoms with Crippen LogP contribution in [0, 0.1) is 6.92 Å². The predicted octanol–water partition coefficient (Wildman–Crippen LogP) is 3.07. The van der Waals surface area contributed by atoms with Crippen molar-refractivity contribution >= 4 is 17.5 Å². The van der Waals surface area contributed by atoms with Crippen LogP contribution in [-0.2, 0) is 9.53 Å². The van der Waals surface area contributed by atoms with Crippen LogP contribution in [0.4, 0.5) is 5.69 Å². The number of carbonyl (C=O) groups excluding carboxylic acids is 2. The molecule has 1 aromatic heterocycles. The number of rotatable bonds is 7. The summed E-state index contributed by atoms with van der Waals surface area (Å²) < 4.78 is 11.3. The first-order valence-electron chi connectivity index (χ1n) is 9.39. The number of carbonyl (C=O) groups is 2. The molecule has 0 fully saturated rings. The van der Waals surface area contributed by atoms with Gasteiger partial charge in [0.25, 0.3) is 5.91 Å². The molecule has 148 valence electrons. The molecule has 0 unspecified atom stereocenters. The van der Waals surface area contributed by atoms with Gasteiger partial charge in [0.15, 0.2) is 5.75 Å². The van der Waals surface area contributed by atoms with E-state index in [4.69, 9.17) is 9.47 Å². The zero-order valence-corrected chi connectivity index (χ0v) is 16.4. The molecule has 1 aliphatic rings. The van der Waals surface area contributed by atoms with E-state index in [9.17, 15) is 9.59 Å². The third-order valence-corrected chi connectivity index (χ3v) is 4.25. The topological polar surface area (TPSA) is 80.8 Å². The lowest BCUT2D eigenvalue weighted by molar-refractivity contribution is -0.119. The zero-order chi connectivity index (χ0) is 20.1. The summed E-state index contributed by atoms with van der Waals surface area (Å²) in [6.07, 6.45) is 2.45. The summed E-state index contributed by atoms with van der Waals surface area (Å²) in [4.78, 5) is 31.2. The number of hydrogen-bond acceptors (Lipinski definition) is 5. The lowest BCUT2D eigenvalue weighted by Crippen LogP contribution is -2.41. The zero-order valence-electron chi connectivity index (χ0n) is 16.4. The van der Waals surface area contributed by atoms with Gasteiger partial charge in [-0.1, -0.05) is 6.07 Å². The highest BCUT2D eigenvalue weighted by molar-refractivity contribution is 6.11. The van der Waals surface area contributed by atoms with Crippen LogP contribution >= 0.6 is 0 Å². The Hall–Kier alpha value is -2.93. The number of amides is 2. The van der Waals surface area contributed by atoms with Crippen molar-refractivity contribution in [1.29, 1.82) is 0 Å². The summed E-state index contributed by atoms with van der Waals surface area (Å²) in [7, 11) is 0. The molecule has 1 aromatic carbocycles. The molecular weight excluding hydrogens is 358 g/mol. The molecule has 0 radical (unpaired) electrons. The molecule has 2 amide bonds. The van der Waals surface area contributed by atoms with Gasteiger partial charge in [-0.25, -0.2) is 4.98 Å². The second kappa shape index (κ2) is 8.84. The average molecular weight is 383 g/mol. The first-order valence-corrected chi connectivity index (χ1v) is 9.39. The van der Waals surface area contributed by atoms with Gasteiger partial charge in [-0.05, 0) is 57.0 Å². The Bertz CT molecular complexity index is 866. The van der Waals surface area contributed by atoms with Crippen LogP contribution in [0.25, 0.3) is 0 Å². The third kappa shape index (κ3) is 4.67. The van der Waals surface area contributed by atoms with Crippen molar-refractivity contribution in [1.82, 2.24) is 10.3 Å². The fraction of sp³-hybridized carbons (Fsp3) is 0.381. The normalized spacial score (nSPS) is 12.9. The van der Waals surface area contributed by atoms with Crippen molar-refractivity contribution in [2.75, 3.05) is 24.6 Å². The molecule has 1 N–H and O–H groups in total. The van der Waals surface area contributed by atoms with Gasteiger partial charge >= 0.3 is 0 Å². The molecule has 0 saturated carbocycles. The van der Waals surface area contributed by atoms with Gasteiger partial charge in [-0.15, -0.1) is 0 Å². The van der Waals surface area contributed by atoms with Gasteiger partial charge in [0, 0.05) is 19.3 Å². The summed E-state index contributed by atoms with van der Waals surface area (Å²) in [5, 5.41) is 2.84. The van der Waals surface area contributed by atoms with Crippen LogP contribution in [-0.4, -0.2) is 42.6 Å². The number of anilines is 1. The van der Waals surface area contributed by atoms with E-state index in [1.807, 2.05) is 32.9 Å². The quantitative estimate of drug-likeness (QED) is 0.743. The van der Waals surface area contributed by atoms with E-state index in [-0.39, 0.29) is 30.3 Å². The van der Waals surface area contributed by atoms with Crippen molar-refractivity contribution < 1.29 is 19.1 Å². The van der Waals surface area contributed by atoms with Gasteiger partial charge in [-0.2, -0.15) is 0 Å². The Kier molecular flexibility index (Phi) is 6.26. The summed E-state index contributed by atoms with van der Waals surface area (Å²) in [5.41, 5.74) is 1.85. The minimum absolute atomic E-state index is 0.0992. The number of nitrogens with one attached hydrogen (secondary N) is 1. The maximum Gasteiger partial charge on any atom is 0.264 e. The van der Waals surface area contributed by atoms with Gasteiger partial charge in [0.2, 0.25) is 11.8 Å². The van der Waals surface area contributed by atoms with Gasteiger partial charge in [0.05, 0.1) is 11.8 Å². The first-order chi connectivity index (χ1) is 13.5. The highest BCUT2D eigenvalue weighted by Crippen LogP contribution is 2.38. The summed E-state index contributed by atoms with van der Waals surface area (Å²) in [5.74, 6) is 0.185. The van der Waals surface area contributed by atoms with E-state index in [0.29, 0.717) is 36.6 Å². The van der Waals surface area contributed by atoms with Crippen LogP contribution in [0.1, 0.15) is 36.2 Å². The highest BCUT2D eigenvalue weighted by atomic mass is 16.5. The van der Waals surface area contributed by atoms with Crippen LogP contribution in [0.5, 0.6) is 11.6 Å². The molecule has 0 bridgehead atoms. The molecule has 2 heterocycles. The summed E-state index contributed by atoms with van der Waals surface area (Å²) in [6, 6.07) is 8.84. The Morgan fingerprint density at radius 3 is 2.93 bits per heavy atom. The molecule has 0 aliphatic carbocycles. The smallest absolute Gasteiger partial charge is 0.264 e. The third-order valence-electron chi connectivity index (χ3n) is 4.25. The van der Waals surface area contributed by atoms with E-state index in [1.165, 1.54) is 4.90 Å². The number of nitrogens with zero attached hydrogens (tertiary/aromatic N) is 2. The molecule has 7 heteroatoms. The first kappa shape index (κ1) is 19.8. The summed E-state index contributed by atoms with van der Waals surface area (Å²) in [6.45, 7) is 6.83. The maximum absolute atomic E-state index is 13.1. The maximum atomic E-state index is 13.1. The van der Waals surface area contributed by atoms with Gasteiger partial charge < -0.3 is 14.8 Å². The summed E-state index contributed by atoms with van der Waals surface area (Å²) >= 11 is 0. The fourth-order valence-corrected chi connectivity index (χ4v) is 2.89. The molecule has 3 rings (SSSR count). The van der Waals surface area contributed by atoms with Crippen LogP contribution < -0.4 is 15.0 Å². The Morgan fingerprint density at radius 1 is 1.32 bits per heavy atom. The number of pyridine rings is 1. The second-order valence-electron chi connectivity index (χ2n) is 6.94. The van der Waals surface area contributed by atoms with Crippen molar-refractivity contribution in [3.8, 4) is 11.6 Å². The van der Waals surface area contributed by atoms with Crippen molar-refractivity contribution in [3.05, 3.63) is 47.7 Å². The van der Waals surface area contributed by atoms with Crippen molar-refractivity contribution in [2.24, 2.45) is 0 Å². The van der Waals surface area contributed by atoms with E-state index >= 15 is 0 Å². The Balaban J connectivity index is 1.76. The number of benzene rings is 1. The predicted molar refractivity (Wildman–Crippen MR) is 106 cm³/mol. The SMILES string of the molecule is Cc1ccc2c(c1)N(CC(=O)NCCCOC(C)C)C(=O)c1cccnc1O2. The molecule has 7 nitrogen and oxygen atoms in total. The van der Waals surface area contributed by atoms with Crippen LogP contribution in [0.2, 0.25) is 0 Å². The van der Waals surface area contributed by atoms with E-state index < -0.39 is 0 Å². The monoisotopic (exact) mass is 383 g/mol. The molecule has 28 heavy (non-hydrogen) atoms. The van der Waals surface area contributed by atoms with Gasteiger partial charge in [0.1, 0.15) is 12.1 Å². The largest absolute Gasteiger partial charge is 0.436 e. The second-order valence-corrected chi connectivity index (χ2v) is 6.94. The van der Waals surface area contributed by atoms with E-state index in [2.05, 4.69) is 10.3 Å². The molecule has 0 spiro atoms. The molecule has 1 aliphatic heterocycles. The van der Waals surface area contributed by atoms with E-state index in [1.54, 1.807) is 24.4 Å². The standard InChI is InChI=1S/C21H25N3O4/c1-14(2)27-11-5-10-22-19(25)13-24-17-12-15(3)7-8-18(17)28-20-16(21(24)26)6-4-9-23-20/h4,6-9,12,14H,5,10-11,13H2,1-3H3,(H,22,25). The number of fused-ring (bicyclic) bond motifs is 2. The van der Waals surface area contributed by atoms with E-state index in [0.717, 1.165) is 5.56 Å². The fourth-order valence-electron chi connectivity index (χ4n) is 2.89. The number of ether oxygens (including phenoxy) is 2. The lowest BCUT2D eigenvalue weighted by atomic mass is 10.1. The minimum atomic E-state index is -0.314. The Labute approximate surface area is 164 Å². The van der Waals surface area contributed by atoms with Crippen molar-refractivity contribution in [2.45, 2.75) is 33.3 Å². The average Bonchev–Trinajstić information content (AvgIpc) is 2.77. The molecular formula is C21H25N3O4.